The third-order valence-electron chi connectivity index (χ3n) is 2.27. The number of ether oxygens (including phenoxy) is 2. The number of rotatable bonds is 8. The minimum absolute atomic E-state index is 0.0993. The third-order valence-corrected chi connectivity index (χ3v) is 2.27. The Labute approximate surface area is 102 Å². The third kappa shape index (κ3) is 7.70. The van der Waals surface area contributed by atoms with Gasteiger partial charge in [-0.15, -0.1) is 0 Å². The van der Waals surface area contributed by atoms with Gasteiger partial charge in [0.1, 0.15) is 0 Å². The minimum Gasteiger partial charge on any atom is -0.468 e. The lowest BCUT2D eigenvalue weighted by atomic mass is 10.3. The van der Waals surface area contributed by atoms with Gasteiger partial charge in [-0.1, -0.05) is 0 Å². The highest BCUT2D eigenvalue weighted by atomic mass is 16.5. The van der Waals surface area contributed by atoms with Gasteiger partial charge in [0.25, 0.3) is 0 Å². The van der Waals surface area contributed by atoms with Gasteiger partial charge in [0.05, 0.1) is 26.8 Å². The summed E-state index contributed by atoms with van der Waals surface area (Å²) in [5, 5.41) is 2.70. The molecular weight excluding hydrogens is 224 g/mol. The van der Waals surface area contributed by atoms with Gasteiger partial charge in [0, 0.05) is 19.7 Å². The van der Waals surface area contributed by atoms with Crippen molar-refractivity contribution in [2.75, 3.05) is 40.5 Å². The average molecular weight is 246 g/mol. The summed E-state index contributed by atoms with van der Waals surface area (Å²) < 4.78 is 9.40. The highest BCUT2D eigenvalue weighted by Gasteiger charge is 2.17. The summed E-state index contributed by atoms with van der Waals surface area (Å²) in [7, 11) is 2.91. The van der Waals surface area contributed by atoms with Crippen molar-refractivity contribution in [2.45, 2.75) is 19.9 Å². The van der Waals surface area contributed by atoms with E-state index in [0.717, 1.165) is 0 Å². The molecule has 1 amide bonds. The molecule has 0 bridgehead atoms. The Morgan fingerprint density at radius 2 is 1.88 bits per heavy atom. The largest absolute Gasteiger partial charge is 0.468 e. The van der Waals surface area contributed by atoms with Gasteiger partial charge in [0.2, 0.25) is 5.91 Å². The van der Waals surface area contributed by atoms with E-state index in [1.807, 2.05) is 13.8 Å². The summed E-state index contributed by atoms with van der Waals surface area (Å²) in [4.78, 5) is 24.4. The highest BCUT2D eigenvalue weighted by molar-refractivity contribution is 5.79. The maximum atomic E-state index is 11.5. The van der Waals surface area contributed by atoms with Crippen LogP contribution in [-0.2, 0) is 19.1 Å². The number of nitrogens with zero attached hydrogens (tertiary/aromatic N) is 1. The van der Waals surface area contributed by atoms with E-state index in [1.54, 1.807) is 12.0 Å². The average Bonchev–Trinajstić information content (AvgIpc) is 2.28. The second-order valence-electron chi connectivity index (χ2n) is 3.92. The van der Waals surface area contributed by atoms with Gasteiger partial charge in [0.15, 0.2) is 0 Å². The molecule has 1 N–H and O–H groups in total. The minimum atomic E-state index is -0.344. The van der Waals surface area contributed by atoms with Crippen molar-refractivity contribution in [2.24, 2.45) is 0 Å². The molecule has 0 radical (unpaired) electrons. The predicted octanol–water partition coefficient (Wildman–Crippen LogP) is -0.368. The molecule has 0 rings (SSSR count). The summed E-state index contributed by atoms with van der Waals surface area (Å²) in [5.74, 6) is -0.469. The van der Waals surface area contributed by atoms with E-state index < -0.39 is 0 Å². The van der Waals surface area contributed by atoms with Gasteiger partial charge < -0.3 is 14.8 Å². The molecule has 0 aromatic heterocycles. The van der Waals surface area contributed by atoms with Crippen LogP contribution in [0, 0.1) is 0 Å². The Hall–Kier alpha value is -1.14. The van der Waals surface area contributed by atoms with Crippen LogP contribution in [0.25, 0.3) is 0 Å². The first-order valence-corrected chi connectivity index (χ1v) is 5.57. The van der Waals surface area contributed by atoms with Crippen LogP contribution in [-0.4, -0.2) is 63.3 Å². The van der Waals surface area contributed by atoms with Crippen molar-refractivity contribution < 1.29 is 19.1 Å². The summed E-state index contributed by atoms with van der Waals surface area (Å²) in [6.45, 7) is 5.09. The predicted molar refractivity (Wildman–Crippen MR) is 63.6 cm³/mol. The summed E-state index contributed by atoms with van der Waals surface area (Å²) in [5.41, 5.74) is 0. The zero-order chi connectivity index (χ0) is 13.3. The number of hydrogen-bond acceptors (Lipinski definition) is 5. The van der Waals surface area contributed by atoms with Crippen molar-refractivity contribution >= 4 is 11.9 Å². The van der Waals surface area contributed by atoms with E-state index >= 15 is 0 Å². The van der Waals surface area contributed by atoms with E-state index in [4.69, 9.17) is 4.74 Å². The normalized spacial score (nSPS) is 10.7. The van der Waals surface area contributed by atoms with Crippen LogP contribution in [0.2, 0.25) is 0 Å². The molecular formula is C11H22N2O4. The molecule has 17 heavy (non-hydrogen) atoms. The lowest BCUT2D eigenvalue weighted by Gasteiger charge is -2.24. The number of carbonyl (C=O) groups excluding carboxylic acids is 2. The van der Waals surface area contributed by atoms with Crippen LogP contribution in [0.1, 0.15) is 13.8 Å². The lowest BCUT2D eigenvalue weighted by molar-refractivity contribution is -0.142. The molecule has 0 spiro atoms. The zero-order valence-corrected chi connectivity index (χ0v) is 11.0. The smallest absolute Gasteiger partial charge is 0.319 e. The maximum absolute atomic E-state index is 11.5. The van der Waals surface area contributed by atoms with E-state index in [9.17, 15) is 9.59 Å². The molecule has 0 aliphatic heterocycles. The lowest BCUT2D eigenvalue weighted by Crippen LogP contribution is -2.44. The van der Waals surface area contributed by atoms with Gasteiger partial charge in [-0.2, -0.15) is 0 Å². The molecule has 6 nitrogen and oxygen atoms in total. The first-order valence-electron chi connectivity index (χ1n) is 5.57. The number of hydrogen-bond donors (Lipinski definition) is 1. The molecule has 0 aliphatic carbocycles. The van der Waals surface area contributed by atoms with Crippen LogP contribution in [0.4, 0.5) is 0 Å². The first-order chi connectivity index (χ1) is 8.01. The molecule has 0 aromatic rings. The Kier molecular flexibility index (Phi) is 8.35. The SMILES string of the molecule is COCCNC(=O)CN(CC(=O)OC)C(C)C. The number of carbonyl (C=O) groups is 2. The van der Waals surface area contributed by atoms with Crippen LogP contribution >= 0.6 is 0 Å². The van der Waals surface area contributed by atoms with Crippen LogP contribution in [0.15, 0.2) is 0 Å². The van der Waals surface area contributed by atoms with Crippen LogP contribution in [0.5, 0.6) is 0 Å². The molecule has 6 heteroatoms. The number of methoxy groups -OCH3 is 2. The van der Waals surface area contributed by atoms with Crippen molar-refractivity contribution in [1.29, 1.82) is 0 Å². The Morgan fingerprint density at radius 1 is 1.24 bits per heavy atom. The fraction of sp³-hybridized carbons (Fsp3) is 0.818. The molecule has 0 aromatic carbocycles. The molecule has 0 fully saturated rings. The van der Waals surface area contributed by atoms with Crippen molar-refractivity contribution in [3.8, 4) is 0 Å². The van der Waals surface area contributed by atoms with E-state index in [2.05, 4.69) is 10.1 Å². The number of esters is 1. The molecule has 0 unspecified atom stereocenters. The van der Waals surface area contributed by atoms with Crippen LogP contribution in [0.3, 0.4) is 0 Å². The fourth-order valence-electron chi connectivity index (χ4n) is 1.18. The molecule has 0 saturated heterocycles. The van der Waals surface area contributed by atoms with Crippen molar-refractivity contribution in [1.82, 2.24) is 10.2 Å². The standard InChI is InChI=1S/C11H22N2O4/c1-9(2)13(8-11(15)17-4)7-10(14)12-5-6-16-3/h9H,5-8H2,1-4H3,(H,12,14). The van der Waals surface area contributed by atoms with Gasteiger partial charge in [-0.3, -0.25) is 14.5 Å². The first kappa shape index (κ1) is 15.9. The van der Waals surface area contributed by atoms with Crippen LogP contribution < -0.4 is 5.32 Å². The fourth-order valence-corrected chi connectivity index (χ4v) is 1.18. The van der Waals surface area contributed by atoms with E-state index in [-0.39, 0.29) is 31.0 Å². The van der Waals surface area contributed by atoms with Gasteiger partial charge in [-0.05, 0) is 13.8 Å². The van der Waals surface area contributed by atoms with Gasteiger partial charge in [-0.25, -0.2) is 0 Å². The molecule has 0 atom stereocenters. The number of nitrogens with one attached hydrogen (secondary N) is 1. The summed E-state index contributed by atoms with van der Waals surface area (Å²) in [6.07, 6.45) is 0. The Balaban J connectivity index is 4.06. The zero-order valence-electron chi connectivity index (χ0n) is 11.0. The van der Waals surface area contributed by atoms with Crippen molar-refractivity contribution in [3.63, 3.8) is 0 Å². The van der Waals surface area contributed by atoms with E-state index in [1.165, 1.54) is 7.11 Å². The maximum Gasteiger partial charge on any atom is 0.319 e. The second-order valence-corrected chi connectivity index (χ2v) is 3.92. The van der Waals surface area contributed by atoms with E-state index in [0.29, 0.717) is 13.2 Å². The van der Waals surface area contributed by atoms with Crippen molar-refractivity contribution in [3.05, 3.63) is 0 Å². The van der Waals surface area contributed by atoms with Gasteiger partial charge >= 0.3 is 5.97 Å². The molecule has 100 valence electrons. The molecule has 0 saturated carbocycles. The molecule has 0 heterocycles. The number of amides is 1. The highest BCUT2D eigenvalue weighted by Crippen LogP contribution is 1.97. The summed E-state index contributed by atoms with van der Waals surface area (Å²) in [6, 6.07) is 0.0993. The summed E-state index contributed by atoms with van der Waals surface area (Å²) >= 11 is 0. The monoisotopic (exact) mass is 246 g/mol. The second kappa shape index (κ2) is 8.95. The Bertz CT molecular complexity index is 244. The Morgan fingerprint density at radius 3 is 2.35 bits per heavy atom. The quantitative estimate of drug-likeness (QED) is 0.467. The topological polar surface area (TPSA) is 67.9 Å². The molecule has 0 aliphatic rings.